The summed E-state index contributed by atoms with van der Waals surface area (Å²) in [4.78, 5) is 14.2. The van der Waals surface area contributed by atoms with Crippen molar-refractivity contribution in [3.05, 3.63) is 52.8 Å². The van der Waals surface area contributed by atoms with Gasteiger partial charge in [0.25, 0.3) is 0 Å². The molecule has 3 rings (SSSR count). The number of rotatable bonds is 2. The molecule has 2 aromatic rings. The molecule has 0 unspecified atom stereocenters. The topological polar surface area (TPSA) is 49.0 Å². The monoisotopic (exact) mass is 255 g/mol. The molecule has 0 saturated carbocycles. The maximum Gasteiger partial charge on any atom is 0.227 e. The van der Waals surface area contributed by atoms with E-state index < -0.39 is 0 Å². The van der Waals surface area contributed by atoms with Crippen molar-refractivity contribution < 1.29 is 4.79 Å². The van der Waals surface area contributed by atoms with Crippen LogP contribution in [0.3, 0.4) is 0 Å². The van der Waals surface area contributed by atoms with Gasteiger partial charge in [0.15, 0.2) is 0 Å². The SMILES string of the molecule is Cc1ccc(CC(=O)N2CCc3cn[nH]c3C2)cc1. The van der Waals surface area contributed by atoms with Gasteiger partial charge in [-0.3, -0.25) is 9.89 Å². The molecule has 98 valence electrons. The first kappa shape index (κ1) is 12.0. The third-order valence-electron chi connectivity index (χ3n) is 3.64. The van der Waals surface area contributed by atoms with Gasteiger partial charge in [-0.05, 0) is 24.5 Å². The van der Waals surface area contributed by atoms with E-state index in [4.69, 9.17) is 0 Å². The maximum atomic E-state index is 12.3. The molecular weight excluding hydrogens is 238 g/mol. The van der Waals surface area contributed by atoms with Gasteiger partial charge in [0.1, 0.15) is 0 Å². The molecule has 0 fully saturated rings. The number of aromatic nitrogens is 2. The number of aromatic amines is 1. The molecule has 0 aliphatic carbocycles. The molecule has 1 aromatic carbocycles. The standard InChI is InChI=1S/C15H17N3O/c1-11-2-4-12(5-3-11)8-15(19)18-7-6-13-9-16-17-14(13)10-18/h2-5,9H,6-8,10H2,1H3,(H,16,17). The van der Waals surface area contributed by atoms with Gasteiger partial charge in [-0.25, -0.2) is 0 Å². The third-order valence-corrected chi connectivity index (χ3v) is 3.64. The Kier molecular flexibility index (Phi) is 3.07. The van der Waals surface area contributed by atoms with E-state index in [0.29, 0.717) is 13.0 Å². The van der Waals surface area contributed by atoms with E-state index in [1.807, 2.05) is 35.4 Å². The number of aryl methyl sites for hydroxylation is 1. The smallest absolute Gasteiger partial charge is 0.227 e. The van der Waals surface area contributed by atoms with Gasteiger partial charge in [-0.15, -0.1) is 0 Å². The molecule has 19 heavy (non-hydrogen) atoms. The van der Waals surface area contributed by atoms with Gasteiger partial charge in [-0.2, -0.15) is 5.10 Å². The van der Waals surface area contributed by atoms with Crippen LogP contribution in [0.5, 0.6) is 0 Å². The van der Waals surface area contributed by atoms with Gasteiger partial charge in [0, 0.05) is 6.54 Å². The Morgan fingerprint density at radius 3 is 2.95 bits per heavy atom. The third kappa shape index (κ3) is 2.52. The van der Waals surface area contributed by atoms with E-state index >= 15 is 0 Å². The fourth-order valence-corrected chi connectivity index (χ4v) is 2.42. The molecular formula is C15H17N3O. The second-order valence-electron chi connectivity index (χ2n) is 5.10. The molecule has 0 saturated heterocycles. The van der Waals surface area contributed by atoms with Crippen molar-refractivity contribution in [2.24, 2.45) is 0 Å². The highest BCUT2D eigenvalue weighted by Gasteiger charge is 2.21. The zero-order valence-electron chi connectivity index (χ0n) is 11.0. The average molecular weight is 255 g/mol. The van der Waals surface area contributed by atoms with Crippen molar-refractivity contribution in [2.75, 3.05) is 6.54 Å². The summed E-state index contributed by atoms with van der Waals surface area (Å²) in [5, 5.41) is 7.00. The molecule has 1 aliphatic rings. The number of nitrogens with one attached hydrogen (secondary N) is 1. The van der Waals surface area contributed by atoms with Crippen LogP contribution in [-0.4, -0.2) is 27.5 Å². The molecule has 4 nitrogen and oxygen atoms in total. The Bertz CT molecular complexity index is 586. The van der Waals surface area contributed by atoms with Crippen molar-refractivity contribution in [1.29, 1.82) is 0 Å². The lowest BCUT2D eigenvalue weighted by Gasteiger charge is -2.26. The zero-order valence-corrected chi connectivity index (χ0v) is 11.0. The van der Waals surface area contributed by atoms with Crippen molar-refractivity contribution in [1.82, 2.24) is 15.1 Å². The molecule has 0 bridgehead atoms. The van der Waals surface area contributed by atoms with E-state index in [9.17, 15) is 4.79 Å². The molecule has 4 heteroatoms. The number of H-pyrrole nitrogens is 1. The molecule has 0 spiro atoms. The summed E-state index contributed by atoms with van der Waals surface area (Å²) < 4.78 is 0. The van der Waals surface area contributed by atoms with E-state index in [-0.39, 0.29) is 5.91 Å². The predicted molar refractivity (Wildman–Crippen MR) is 72.6 cm³/mol. The fraction of sp³-hybridized carbons (Fsp3) is 0.333. The second-order valence-corrected chi connectivity index (χ2v) is 5.10. The van der Waals surface area contributed by atoms with Gasteiger partial charge in [0.05, 0.1) is 24.9 Å². The minimum absolute atomic E-state index is 0.184. The number of nitrogens with zero attached hydrogens (tertiary/aromatic N) is 2. The Morgan fingerprint density at radius 1 is 1.37 bits per heavy atom. The molecule has 2 heterocycles. The number of hydrogen-bond acceptors (Lipinski definition) is 2. The molecule has 1 amide bonds. The number of benzene rings is 1. The first-order chi connectivity index (χ1) is 9.22. The largest absolute Gasteiger partial charge is 0.336 e. The average Bonchev–Trinajstić information content (AvgIpc) is 2.88. The molecule has 0 radical (unpaired) electrons. The highest BCUT2D eigenvalue weighted by atomic mass is 16.2. The predicted octanol–water partition coefficient (Wildman–Crippen LogP) is 1.85. The van der Waals surface area contributed by atoms with Crippen molar-refractivity contribution in [3.8, 4) is 0 Å². The van der Waals surface area contributed by atoms with Crippen LogP contribution in [0.2, 0.25) is 0 Å². The van der Waals surface area contributed by atoms with Crippen LogP contribution in [0.15, 0.2) is 30.5 Å². The zero-order chi connectivity index (χ0) is 13.2. The number of hydrogen-bond donors (Lipinski definition) is 1. The highest BCUT2D eigenvalue weighted by Crippen LogP contribution is 2.17. The Hall–Kier alpha value is -2.10. The number of carbonyl (C=O) groups excluding carboxylic acids is 1. The summed E-state index contributed by atoms with van der Waals surface area (Å²) in [5.41, 5.74) is 4.60. The summed E-state index contributed by atoms with van der Waals surface area (Å²) in [5.74, 6) is 0.184. The van der Waals surface area contributed by atoms with Crippen molar-refractivity contribution in [3.63, 3.8) is 0 Å². The van der Waals surface area contributed by atoms with E-state index in [1.165, 1.54) is 11.1 Å². The van der Waals surface area contributed by atoms with Gasteiger partial charge in [0.2, 0.25) is 5.91 Å². The lowest BCUT2D eigenvalue weighted by molar-refractivity contribution is -0.131. The van der Waals surface area contributed by atoms with E-state index in [2.05, 4.69) is 17.1 Å². The summed E-state index contributed by atoms with van der Waals surface area (Å²) in [6, 6.07) is 8.15. The summed E-state index contributed by atoms with van der Waals surface area (Å²) in [6.45, 7) is 3.49. The molecule has 1 aliphatic heterocycles. The Balaban J connectivity index is 1.67. The lowest BCUT2D eigenvalue weighted by Crippen LogP contribution is -2.36. The fourth-order valence-electron chi connectivity index (χ4n) is 2.42. The van der Waals surface area contributed by atoms with E-state index in [0.717, 1.165) is 24.2 Å². The van der Waals surface area contributed by atoms with Crippen LogP contribution in [0, 0.1) is 6.92 Å². The second kappa shape index (κ2) is 4.88. The van der Waals surface area contributed by atoms with Crippen LogP contribution >= 0.6 is 0 Å². The van der Waals surface area contributed by atoms with Crippen LogP contribution in [0.4, 0.5) is 0 Å². The molecule has 0 atom stereocenters. The van der Waals surface area contributed by atoms with Crippen LogP contribution in [0.25, 0.3) is 0 Å². The minimum Gasteiger partial charge on any atom is -0.336 e. The van der Waals surface area contributed by atoms with Gasteiger partial charge >= 0.3 is 0 Å². The summed E-state index contributed by atoms with van der Waals surface area (Å²) in [7, 11) is 0. The Morgan fingerprint density at radius 2 is 2.16 bits per heavy atom. The number of fused-ring (bicyclic) bond motifs is 1. The van der Waals surface area contributed by atoms with Crippen molar-refractivity contribution >= 4 is 5.91 Å². The quantitative estimate of drug-likeness (QED) is 0.890. The Labute approximate surface area is 112 Å². The van der Waals surface area contributed by atoms with E-state index in [1.54, 1.807) is 0 Å². The molecule has 1 aromatic heterocycles. The number of carbonyl (C=O) groups is 1. The normalized spacial score (nSPS) is 14.3. The van der Waals surface area contributed by atoms with Crippen molar-refractivity contribution in [2.45, 2.75) is 26.3 Å². The first-order valence-corrected chi connectivity index (χ1v) is 6.57. The molecule has 1 N–H and O–H groups in total. The maximum absolute atomic E-state index is 12.3. The summed E-state index contributed by atoms with van der Waals surface area (Å²) >= 11 is 0. The highest BCUT2D eigenvalue weighted by molar-refractivity contribution is 5.79. The van der Waals surface area contributed by atoms with Crippen LogP contribution in [0.1, 0.15) is 22.4 Å². The summed E-state index contributed by atoms with van der Waals surface area (Å²) in [6.07, 6.45) is 3.23. The van der Waals surface area contributed by atoms with Crippen LogP contribution < -0.4 is 0 Å². The van der Waals surface area contributed by atoms with Crippen LogP contribution in [-0.2, 0) is 24.2 Å². The first-order valence-electron chi connectivity index (χ1n) is 6.57. The van der Waals surface area contributed by atoms with Gasteiger partial charge in [-0.1, -0.05) is 29.8 Å². The van der Waals surface area contributed by atoms with Gasteiger partial charge < -0.3 is 4.90 Å². The number of amides is 1. The lowest BCUT2D eigenvalue weighted by atomic mass is 10.1. The minimum atomic E-state index is 0.184.